The molecule has 7 nitrogen and oxygen atoms in total. The van der Waals surface area contributed by atoms with Crippen LogP contribution in [0.4, 0.5) is 16.3 Å². The summed E-state index contributed by atoms with van der Waals surface area (Å²) in [7, 11) is 2.98. The van der Waals surface area contributed by atoms with Crippen LogP contribution in [0.15, 0.2) is 30.3 Å². The molecule has 2 aromatic rings. The van der Waals surface area contributed by atoms with Crippen molar-refractivity contribution in [1.29, 1.82) is 0 Å². The number of hydrogen-bond acceptors (Lipinski definition) is 6. The van der Waals surface area contributed by atoms with E-state index >= 15 is 0 Å². The number of rotatable bonds is 6. The average Bonchev–Trinajstić information content (AvgIpc) is 2.60. The van der Waals surface area contributed by atoms with Crippen molar-refractivity contribution in [2.24, 2.45) is 0 Å². The number of benzene rings is 1. The maximum atomic E-state index is 11.2. The van der Waals surface area contributed by atoms with E-state index in [0.29, 0.717) is 18.8 Å². The number of carbonyl (C=O) groups excluding carboxylic acids is 1. The lowest BCUT2D eigenvalue weighted by Gasteiger charge is -2.19. The number of amides is 1. The summed E-state index contributed by atoms with van der Waals surface area (Å²) in [4.78, 5) is 20.4. The van der Waals surface area contributed by atoms with E-state index in [-0.39, 0.29) is 5.41 Å². The van der Waals surface area contributed by atoms with E-state index in [1.54, 1.807) is 7.11 Å². The molecule has 1 amide bonds. The SMILES string of the molecule is COCc1cc(NCc2ccc(NC(=O)OC)cc2)nc(C(C)(C)C)n1. The highest BCUT2D eigenvalue weighted by Gasteiger charge is 2.19. The Kier molecular flexibility index (Phi) is 6.52. The van der Waals surface area contributed by atoms with Gasteiger partial charge in [0.1, 0.15) is 11.6 Å². The van der Waals surface area contributed by atoms with Gasteiger partial charge in [0.15, 0.2) is 0 Å². The van der Waals surface area contributed by atoms with Crippen molar-refractivity contribution >= 4 is 17.6 Å². The summed E-state index contributed by atoms with van der Waals surface area (Å²) in [5, 5.41) is 5.95. The second kappa shape index (κ2) is 8.62. The van der Waals surface area contributed by atoms with Crippen LogP contribution in [0.2, 0.25) is 0 Å². The third-order valence-corrected chi connectivity index (χ3v) is 3.60. The Morgan fingerprint density at radius 1 is 1.12 bits per heavy atom. The summed E-state index contributed by atoms with van der Waals surface area (Å²) in [5.74, 6) is 1.53. The first kappa shape index (κ1) is 19.7. The fraction of sp³-hybridized carbons (Fsp3) is 0.421. The molecule has 0 bridgehead atoms. The van der Waals surface area contributed by atoms with Crippen LogP contribution >= 0.6 is 0 Å². The number of anilines is 2. The summed E-state index contributed by atoms with van der Waals surface area (Å²) in [6.07, 6.45) is -0.489. The molecule has 0 atom stereocenters. The normalized spacial score (nSPS) is 11.1. The lowest BCUT2D eigenvalue weighted by atomic mass is 9.95. The van der Waals surface area contributed by atoms with Gasteiger partial charge in [-0.05, 0) is 17.7 Å². The Balaban J connectivity index is 2.08. The second-order valence-corrected chi connectivity index (χ2v) is 6.92. The Hall–Kier alpha value is -2.67. The van der Waals surface area contributed by atoms with Gasteiger partial charge in [0.2, 0.25) is 0 Å². The van der Waals surface area contributed by atoms with E-state index in [1.165, 1.54) is 7.11 Å². The number of hydrogen-bond donors (Lipinski definition) is 2. The van der Waals surface area contributed by atoms with E-state index in [1.807, 2.05) is 30.3 Å². The third-order valence-electron chi connectivity index (χ3n) is 3.60. The first-order chi connectivity index (χ1) is 12.3. The van der Waals surface area contributed by atoms with E-state index in [4.69, 9.17) is 4.74 Å². The Morgan fingerprint density at radius 2 is 1.81 bits per heavy atom. The Bertz CT molecular complexity index is 739. The molecule has 0 radical (unpaired) electrons. The van der Waals surface area contributed by atoms with Crippen LogP contribution in [0, 0.1) is 0 Å². The van der Waals surface area contributed by atoms with Crippen molar-refractivity contribution < 1.29 is 14.3 Å². The molecule has 26 heavy (non-hydrogen) atoms. The van der Waals surface area contributed by atoms with Crippen LogP contribution < -0.4 is 10.6 Å². The second-order valence-electron chi connectivity index (χ2n) is 6.92. The fourth-order valence-electron chi connectivity index (χ4n) is 2.21. The largest absolute Gasteiger partial charge is 0.453 e. The van der Waals surface area contributed by atoms with E-state index in [0.717, 1.165) is 22.9 Å². The summed E-state index contributed by atoms with van der Waals surface area (Å²) < 4.78 is 9.78. The first-order valence-electron chi connectivity index (χ1n) is 8.37. The molecular weight excluding hydrogens is 332 g/mol. The Labute approximate surface area is 154 Å². The predicted molar refractivity (Wildman–Crippen MR) is 101 cm³/mol. The number of methoxy groups -OCH3 is 2. The van der Waals surface area contributed by atoms with Crippen LogP contribution in [-0.4, -0.2) is 30.3 Å². The molecular formula is C19H26N4O3. The number of nitrogens with zero attached hydrogens (tertiary/aromatic N) is 2. The number of carbonyl (C=O) groups is 1. The molecule has 0 saturated heterocycles. The minimum atomic E-state index is -0.489. The van der Waals surface area contributed by atoms with Crippen molar-refractivity contribution in [2.75, 3.05) is 24.9 Å². The summed E-state index contributed by atoms with van der Waals surface area (Å²) in [6.45, 7) is 7.28. The number of ether oxygens (including phenoxy) is 2. The zero-order valence-corrected chi connectivity index (χ0v) is 15.9. The van der Waals surface area contributed by atoms with Gasteiger partial charge < -0.3 is 14.8 Å². The van der Waals surface area contributed by atoms with Gasteiger partial charge in [0.05, 0.1) is 19.4 Å². The highest BCUT2D eigenvalue weighted by atomic mass is 16.5. The quantitative estimate of drug-likeness (QED) is 0.819. The van der Waals surface area contributed by atoms with Crippen molar-refractivity contribution in [2.45, 2.75) is 39.3 Å². The molecule has 2 N–H and O–H groups in total. The van der Waals surface area contributed by atoms with Crippen molar-refractivity contribution in [3.05, 3.63) is 47.4 Å². The minimum absolute atomic E-state index is 0.151. The minimum Gasteiger partial charge on any atom is -0.453 e. The molecule has 0 unspecified atom stereocenters. The molecule has 7 heteroatoms. The van der Waals surface area contributed by atoms with Crippen LogP contribution in [0.25, 0.3) is 0 Å². The molecule has 0 aliphatic rings. The van der Waals surface area contributed by atoms with Crippen LogP contribution in [0.5, 0.6) is 0 Å². The maximum Gasteiger partial charge on any atom is 0.411 e. The van der Waals surface area contributed by atoms with E-state index in [2.05, 4.69) is 46.1 Å². The first-order valence-corrected chi connectivity index (χ1v) is 8.37. The van der Waals surface area contributed by atoms with Crippen molar-refractivity contribution in [3.63, 3.8) is 0 Å². The zero-order valence-electron chi connectivity index (χ0n) is 15.9. The molecule has 1 aromatic carbocycles. The molecule has 0 saturated carbocycles. The molecule has 1 aromatic heterocycles. The van der Waals surface area contributed by atoms with E-state index < -0.39 is 6.09 Å². The van der Waals surface area contributed by atoms with Gasteiger partial charge in [0, 0.05) is 30.8 Å². The van der Waals surface area contributed by atoms with Crippen LogP contribution in [-0.2, 0) is 28.0 Å². The smallest absolute Gasteiger partial charge is 0.411 e. The molecule has 0 fully saturated rings. The van der Waals surface area contributed by atoms with Crippen molar-refractivity contribution in [1.82, 2.24) is 9.97 Å². The standard InChI is InChI=1S/C19H26N4O3/c1-19(2,3)17-21-15(12-25-4)10-16(23-17)20-11-13-6-8-14(9-7-13)22-18(24)26-5/h6-10H,11-12H2,1-5H3,(H,22,24)(H,20,21,23). The molecule has 1 heterocycles. The van der Waals surface area contributed by atoms with E-state index in [9.17, 15) is 4.79 Å². The van der Waals surface area contributed by atoms with Crippen LogP contribution in [0.3, 0.4) is 0 Å². The fourth-order valence-corrected chi connectivity index (χ4v) is 2.21. The highest BCUT2D eigenvalue weighted by molar-refractivity contribution is 5.84. The monoisotopic (exact) mass is 358 g/mol. The average molecular weight is 358 g/mol. The Morgan fingerprint density at radius 3 is 2.38 bits per heavy atom. The summed E-state index contributed by atoms with van der Waals surface area (Å²) >= 11 is 0. The zero-order chi connectivity index (χ0) is 19.2. The molecule has 0 spiro atoms. The number of nitrogens with one attached hydrogen (secondary N) is 2. The van der Waals surface area contributed by atoms with Crippen molar-refractivity contribution in [3.8, 4) is 0 Å². The predicted octanol–water partition coefficient (Wildman–Crippen LogP) is 3.71. The summed E-state index contributed by atoms with van der Waals surface area (Å²) in [5.41, 5.74) is 2.43. The molecule has 0 aliphatic heterocycles. The topological polar surface area (TPSA) is 85.4 Å². The van der Waals surface area contributed by atoms with Gasteiger partial charge in [-0.15, -0.1) is 0 Å². The molecule has 140 valence electrons. The highest BCUT2D eigenvalue weighted by Crippen LogP contribution is 2.21. The third kappa shape index (κ3) is 5.70. The van der Waals surface area contributed by atoms with Gasteiger partial charge in [-0.1, -0.05) is 32.9 Å². The van der Waals surface area contributed by atoms with Gasteiger partial charge >= 0.3 is 6.09 Å². The van der Waals surface area contributed by atoms with Gasteiger partial charge in [0.25, 0.3) is 0 Å². The molecule has 0 aliphatic carbocycles. The maximum absolute atomic E-state index is 11.2. The lowest BCUT2D eigenvalue weighted by Crippen LogP contribution is -2.18. The lowest BCUT2D eigenvalue weighted by molar-refractivity contribution is 0.181. The number of aromatic nitrogens is 2. The summed E-state index contributed by atoms with van der Waals surface area (Å²) in [6, 6.07) is 9.40. The van der Waals surface area contributed by atoms with Gasteiger partial charge in [-0.2, -0.15) is 0 Å². The molecule has 2 rings (SSSR count). The van der Waals surface area contributed by atoms with Gasteiger partial charge in [-0.25, -0.2) is 14.8 Å². The van der Waals surface area contributed by atoms with Crippen LogP contribution in [0.1, 0.15) is 37.9 Å². The van der Waals surface area contributed by atoms with Gasteiger partial charge in [-0.3, -0.25) is 5.32 Å².